The largest absolute Gasteiger partial charge is 0.451 e. The van der Waals surface area contributed by atoms with Crippen LogP contribution in [-0.4, -0.2) is 32.3 Å². The SMILES string of the molecule is C=CCN[C@H]1CC[C@@H](n2nc(-c3ccc(Oc4c(F)c(F)cc(F)c4F)cc3F)c3c(N)ncnc32)C1. The Kier molecular flexibility index (Phi) is 6.50. The quantitative estimate of drug-likeness (QED) is 0.193. The van der Waals surface area contributed by atoms with Gasteiger partial charge in [0.05, 0.1) is 11.4 Å². The predicted molar refractivity (Wildman–Crippen MR) is 126 cm³/mol. The van der Waals surface area contributed by atoms with Gasteiger partial charge in [-0.1, -0.05) is 6.08 Å². The van der Waals surface area contributed by atoms with E-state index < -0.39 is 34.8 Å². The first-order chi connectivity index (χ1) is 17.8. The molecule has 12 heteroatoms. The summed E-state index contributed by atoms with van der Waals surface area (Å²) in [5, 5.41) is 8.37. The number of halogens is 5. The molecule has 0 radical (unpaired) electrons. The number of hydrogen-bond acceptors (Lipinski definition) is 6. The van der Waals surface area contributed by atoms with Crippen LogP contribution in [0, 0.1) is 29.1 Å². The summed E-state index contributed by atoms with van der Waals surface area (Å²) < 4.78 is 76.9. The van der Waals surface area contributed by atoms with Crippen molar-refractivity contribution >= 4 is 16.9 Å². The first kappa shape index (κ1) is 24.6. The molecule has 0 bridgehead atoms. The molecule has 3 N–H and O–H groups in total. The van der Waals surface area contributed by atoms with E-state index in [1.165, 1.54) is 18.5 Å². The third kappa shape index (κ3) is 4.48. The number of ether oxygens (including phenoxy) is 1. The monoisotopic (exact) mass is 516 g/mol. The molecule has 1 aliphatic rings. The average molecular weight is 516 g/mol. The lowest BCUT2D eigenvalue weighted by molar-refractivity contribution is 0.365. The van der Waals surface area contributed by atoms with E-state index in [1.54, 1.807) is 10.8 Å². The molecule has 37 heavy (non-hydrogen) atoms. The summed E-state index contributed by atoms with van der Waals surface area (Å²) >= 11 is 0. The number of nitrogens with zero attached hydrogens (tertiary/aromatic N) is 4. The molecule has 1 saturated carbocycles. The van der Waals surface area contributed by atoms with Crippen LogP contribution < -0.4 is 15.8 Å². The van der Waals surface area contributed by atoms with Gasteiger partial charge in [-0.3, -0.25) is 0 Å². The summed E-state index contributed by atoms with van der Waals surface area (Å²) in [6.07, 6.45) is 5.57. The molecule has 0 saturated heterocycles. The molecule has 1 aliphatic carbocycles. The lowest BCUT2D eigenvalue weighted by atomic mass is 10.1. The van der Waals surface area contributed by atoms with Crippen LogP contribution >= 0.6 is 0 Å². The summed E-state index contributed by atoms with van der Waals surface area (Å²) in [5.41, 5.74) is 6.73. The molecule has 0 spiro atoms. The Morgan fingerprint density at radius 3 is 2.51 bits per heavy atom. The Morgan fingerprint density at radius 2 is 1.81 bits per heavy atom. The van der Waals surface area contributed by atoms with E-state index in [1.807, 2.05) is 0 Å². The maximum atomic E-state index is 15.3. The highest BCUT2D eigenvalue weighted by atomic mass is 19.2. The van der Waals surface area contributed by atoms with Crippen LogP contribution in [0.4, 0.5) is 27.8 Å². The zero-order valence-corrected chi connectivity index (χ0v) is 19.3. The van der Waals surface area contributed by atoms with Gasteiger partial charge in [-0.2, -0.15) is 13.9 Å². The molecule has 4 aromatic rings. The molecule has 192 valence electrons. The van der Waals surface area contributed by atoms with Gasteiger partial charge >= 0.3 is 0 Å². The Labute approximate surface area is 207 Å². The second-order valence-electron chi connectivity index (χ2n) is 8.65. The standard InChI is InChI=1S/C25H21F5N6O/c1-2-7-32-12-3-4-13(8-12)36-25-19(24(31)33-11-34-25)22(35-36)15-6-5-14(9-16(15)26)37-23-20(29)17(27)10-18(28)21(23)30/h2,5-6,9-13,32H,1,3-4,7-8H2,(H2,31,33,34)/t12-,13+/m0/s1. The maximum Gasteiger partial charge on any atom is 0.204 e. The zero-order valence-electron chi connectivity index (χ0n) is 19.3. The Morgan fingerprint density at radius 1 is 1.05 bits per heavy atom. The summed E-state index contributed by atoms with van der Waals surface area (Å²) in [4.78, 5) is 8.35. The molecule has 0 amide bonds. The van der Waals surface area contributed by atoms with Crippen molar-refractivity contribution in [3.8, 4) is 22.8 Å². The van der Waals surface area contributed by atoms with Crippen molar-refractivity contribution in [2.45, 2.75) is 31.3 Å². The second kappa shape index (κ2) is 9.77. The number of nitrogen functional groups attached to an aromatic ring is 1. The van der Waals surface area contributed by atoms with Crippen molar-refractivity contribution in [3.63, 3.8) is 0 Å². The van der Waals surface area contributed by atoms with Gasteiger partial charge in [0.2, 0.25) is 17.4 Å². The first-order valence-corrected chi connectivity index (χ1v) is 11.4. The summed E-state index contributed by atoms with van der Waals surface area (Å²) in [5.74, 6) is -9.25. The average Bonchev–Trinajstić information content (AvgIpc) is 3.50. The van der Waals surface area contributed by atoms with Gasteiger partial charge in [0, 0.05) is 30.3 Å². The molecule has 1 fully saturated rings. The van der Waals surface area contributed by atoms with E-state index in [0.717, 1.165) is 25.3 Å². The van der Waals surface area contributed by atoms with Crippen LogP contribution in [0.5, 0.6) is 11.5 Å². The predicted octanol–water partition coefficient (Wildman–Crippen LogP) is 5.43. The van der Waals surface area contributed by atoms with Crippen LogP contribution in [0.25, 0.3) is 22.3 Å². The van der Waals surface area contributed by atoms with Gasteiger partial charge in [0.25, 0.3) is 0 Å². The van der Waals surface area contributed by atoms with E-state index in [2.05, 4.69) is 27.0 Å². The fourth-order valence-electron chi connectivity index (χ4n) is 4.56. The lowest BCUT2D eigenvalue weighted by Gasteiger charge is -2.13. The Hall–Kier alpha value is -4.06. The number of aromatic nitrogens is 4. The summed E-state index contributed by atoms with van der Waals surface area (Å²) in [7, 11) is 0. The fourth-order valence-corrected chi connectivity index (χ4v) is 4.56. The van der Waals surface area contributed by atoms with Crippen LogP contribution in [0.3, 0.4) is 0 Å². The van der Waals surface area contributed by atoms with Crippen LogP contribution in [0.2, 0.25) is 0 Å². The number of nitrogens with two attached hydrogens (primary N) is 1. The van der Waals surface area contributed by atoms with E-state index >= 15 is 4.39 Å². The minimum absolute atomic E-state index is 0.00305. The molecular formula is C25H21F5N6O. The third-order valence-electron chi connectivity index (χ3n) is 6.31. The van der Waals surface area contributed by atoms with Crippen LogP contribution in [-0.2, 0) is 0 Å². The van der Waals surface area contributed by atoms with E-state index in [-0.39, 0.29) is 41.0 Å². The molecule has 2 aromatic carbocycles. The van der Waals surface area contributed by atoms with Crippen molar-refractivity contribution in [3.05, 3.63) is 72.3 Å². The number of benzene rings is 2. The van der Waals surface area contributed by atoms with Gasteiger partial charge in [-0.05, 0) is 31.4 Å². The molecule has 0 unspecified atom stereocenters. The summed E-state index contributed by atoms with van der Waals surface area (Å²) in [6, 6.07) is 3.57. The molecule has 2 atom stereocenters. The first-order valence-electron chi connectivity index (χ1n) is 11.4. The van der Waals surface area contributed by atoms with Crippen molar-refractivity contribution in [2.75, 3.05) is 12.3 Å². The fraction of sp³-hybridized carbons (Fsp3) is 0.240. The topological polar surface area (TPSA) is 90.9 Å². The van der Waals surface area contributed by atoms with E-state index in [0.29, 0.717) is 17.6 Å². The molecule has 5 rings (SSSR count). The molecule has 2 heterocycles. The van der Waals surface area contributed by atoms with Crippen molar-refractivity contribution in [1.82, 2.24) is 25.1 Å². The lowest BCUT2D eigenvalue weighted by Crippen LogP contribution is -2.26. The van der Waals surface area contributed by atoms with Crippen LogP contribution in [0.1, 0.15) is 25.3 Å². The van der Waals surface area contributed by atoms with Gasteiger partial charge in [-0.25, -0.2) is 27.8 Å². The zero-order chi connectivity index (χ0) is 26.3. The smallest absolute Gasteiger partial charge is 0.204 e. The minimum atomic E-state index is -1.74. The van der Waals surface area contributed by atoms with E-state index in [4.69, 9.17) is 10.5 Å². The normalized spacial score (nSPS) is 17.4. The Bertz CT molecular complexity index is 1480. The number of anilines is 1. The summed E-state index contributed by atoms with van der Waals surface area (Å²) in [6.45, 7) is 4.39. The van der Waals surface area contributed by atoms with Crippen molar-refractivity contribution in [1.29, 1.82) is 0 Å². The molecular weight excluding hydrogens is 495 g/mol. The molecule has 0 aliphatic heterocycles. The number of nitrogens with one attached hydrogen (secondary N) is 1. The number of fused-ring (bicyclic) bond motifs is 1. The van der Waals surface area contributed by atoms with Crippen LogP contribution in [0.15, 0.2) is 43.2 Å². The maximum absolute atomic E-state index is 15.3. The Balaban J connectivity index is 1.51. The van der Waals surface area contributed by atoms with Gasteiger partial charge in [0.1, 0.15) is 29.4 Å². The van der Waals surface area contributed by atoms with Crippen molar-refractivity contribution in [2.24, 2.45) is 0 Å². The van der Waals surface area contributed by atoms with Gasteiger partial charge in [-0.15, -0.1) is 6.58 Å². The highest BCUT2D eigenvalue weighted by Crippen LogP contribution is 2.39. The van der Waals surface area contributed by atoms with Gasteiger partial charge < -0.3 is 15.8 Å². The molecule has 2 aromatic heterocycles. The highest BCUT2D eigenvalue weighted by molar-refractivity contribution is 5.98. The number of rotatable bonds is 7. The van der Waals surface area contributed by atoms with E-state index in [9.17, 15) is 17.6 Å². The third-order valence-corrected chi connectivity index (χ3v) is 6.31. The minimum Gasteiger partial charge on any atom is -0.451 e. The second-order valence-corrected chi connectivity index (χ2v) is 8.65. The van der Waals surface area contributed by atoms with Gasteiger partial charge in [0.15, 0.2) is 17.3 Å². The molecule has 7 nitrogen and oxygen atoms in total. The highest BCUT2D eigenvalue weighted by Gasteiger charge is 2.30. The number of hydrogen-bond donors (Lipinski definition) is 2. The van der Waals surface area contributed by atoms with Crippen molar-refractivity contribution < 1.29 is 26.7 Å².